The monoisotopic (exact) mass is 257 g/mol. The van der Waals surface area contributed by atoms with Crippen molar-refractivity contribution in [2.24, 2.45) is 5.92 Å². The second-order valence-corrected chi connectivity index (χ2v) is 5.98. The molecule has 0 amide bonds. The highest BCUT2D eigenvalue weighted by molar-refractivity contribution is 5.55. The zero-order valence-corrected chi connectivity index (χ0v) is 12.2. The van der Waals surface area contributed by atoms with Crippen molar-refractivity contribution in [2.45, 2.75) is 58.9 Å². The zero-order valence-electron chi connectivity index (χ0n) is 12.2. The quantitative estimate of drug-likeness (QED) is 0.895. The van der Waals surface area contributed by atoms with Crippen molar-refractivity contribution in [1.29, 1.82) is 5.26 Å². The molecule has 0 aromatic carbocycles. The minimum Gasteiger partial charge on any atom is -0.367 e. The highest BCUT2D eigenvalue weighted by Crippen LogP contribution is 2.25. The van der Waals surface area contributed by atoms with Crippen molar-refractivity contribution < 1.29 is 0 Å². The van der Waals surface area contributed by atoms with Gasteiger partial charge in [0.25, 0.3) is 0 Å². The summed E-state index contributed by atoms with van der Waals surface area (Å²) in [5, 5.41) is 12.7. The molecule has 0 bridgehead atoms. The van der Waals surface area contributed by atoms with Crippen LogP contribution in [0, 0.1) is 17.2 Å². The lowest BCUT2D eigenvalue weighted by Crippen LogP contribution is -2.20. The van der Waals surface area contributed by atoms with Crippen LogP contribution in [0.15, 0.2) is 6.07 Å². The van der Waals surface area contributed by atoms with Crippen LogP contribution >= 0.6 is 0 Å². The first-order valence-corrected chi connectivity index (χ1v) is 7.29. The molecule has 1 aromatic rings. The maximum atomic E-state index is 9.28. The number of aromatic nitrogens is 1. The van der Waals surface area contributed by atoms with Gasteiger partial charge in [0.05, 0.1) is 5.56 Å². The van der Waals surface area contributed by atoms with Gasteiger partial charge in [-0.2, -0.15) is 5.26 Å². The Bertz CT molecular complexity index is 486. The number of hydrogen-bond acceptors (Lipinski definition) is 3. The van der Waals surface area contributed by atoms with Crippen LogP contribution in [-0.4, -0.2) is 11.0 Å². The molecule has 0 spiro atoms. The molecule has 0 radical (unpaired) electrons. The summed E-state index contributed by atoms with van der Waals surface area (Å²) in [5.74, 6) is 1.42. The van der Waals surface area contributed by atoms with E-state index < -0.39 is 0 Å². The molecule has 1 N–H and O–H groups in total. The summed E-state index contributed by atoms with van der Waals surface area (Å²) in [6, 6.07) is 4.66. The van der Waals surface area contributed by atoms with Gasteiger partial charge in [-0.05, 0) is 56.6 Å². The van der Waals surface area contributed by atoms with Gasteiger partial charge in [0.1, 0.15) is 11.9 Å². The van der Waals surface area contributed by atoms with Gasteiger partial charge in [-0.15, -0.1) is 0 Å². The van der Waals surface area contributed by atoms with Crippen LogP contribution in [0.4, 0.5) is 5.82 Å². The van der Waals surface area contributed by atoms with Gasteiger partial charge in [0, 0.05) is 11.7 Å². The summed E-state index contributed by atoms with van der Waals surface area (Å²) in [7, 11) is 0. The van der Waals surface area contributed by atoms with Crippen molar-refractivity contribution in [1.82, 2.24) is 4.98 Å². The molecule has 2 rings (SSSR count). The lowest BCUT2D eigenvalue weighted by molar-refractivity contribution is 0.538. The molecule has 0 fully saturated rings. The fraction of sp³-hybridized carbons (Fsp3) is 0.625. The summed E-state index contributed by atoms with van der Waals surface area (Å²) in [5.41, 5.74) is 3.14. The van der Waals surface area contributed by atoms with E-state index in [1.54, 1.807) is 0 Å². The van der Waals surface area contributed by atoms with Crippen molar-refractivity contribution in [3.63, 3.8) is 0 Å². The van der Waals surface area contributed by atoms with Crippen LogP contribution in [0.1, 0.15) is 56.9 Å². The van der Waals surface area contributed by atoms with Crippen LogP contribution < -0.4 is 5.32 Å². The Morgan fingerprint density at radius 1 is 1.32 bits per heavy atom. The summed E-state index contributed by atoms with van der Waals surface area (Å²) < 4.78 is 0. The molecule has 102 valence electrons. The van der Waals surface area contributed by atoms with Gasteiger partial charge in [-0.25, -0.2) is 4.98 Å². The number of pyridine rings is 1. The number of fused-ring (bicyclic) bond motifs is 1. The fourth-order valence-electron chi connectivity index (χ4n) is 2.83. The van der Waals surface area contributed by atoms with Gasteiger partial charge in [-0.3, -0.25) is 0 Å². The largest absolute Gasteiger partial charge is 0.367 e. The third kappa shape index (κ3) is 3.47. The van der Waals surface area contributed by atoms with Gasteiger partial charge in [0.15, 0.2) is 0 Å². The summed E-state index contributed by atoms with van der Waals surface area (Å²) in [6.45, 7) is 6.58. The van der Waals surface area contributed by atoms with E-state index >= 15 is 0 Å². The smallest absolute Gasteiger partial charge is 0.144 e. The molecule has 1 aliphatic rings. The van der Waals surface area contributed by atoms with E-state index in [-0.39, 0.29) is 0 Å². The molecule has 0 saturated heterocycles. The Kier molecular flexibility index (Phi) is 4.42. The summed E-state index contributed by atoms with van der Waals surface area (Å²) in [6.07, 6.45) is 5.64. The molecule has 3 nitrogen and oxygen atoms in total. The lowest BCUT2D eigenvalue weighted by atomic mass is 9.95. The van der Waals surface area contributed by atoms with Crippen molar-refractivity contribution >= 4 is 5.82 Å². The fourth-order valence-corrected chi connectivity index (χ4v) is 2.83. The van der Waals surface area contributed by atoms with Gasteiger partial charge in [0.2, 0.25) is 0 Å². The molecule has 3 heteroatoms. The van der Waals surface area contributed by atoms with E-state index in [2.05, 4.69) is 32.2 Å². The third-order valence-electron chi connectivity index (χ3n) is 3.63. The van der Waals surface area contributed by atoms with Crippen molar-refractivity contribution in [3.05, 3.63) is 22.9 Å². The number of hydrogen-bond donors (Lipinski definition) is 1. The highest BCUT2D eigenvalue weighted by atomic mass is 15.0. The average molecular weight is 257 g/mol. The van der Waals surface area contributed by atoms with Gasteiger partial charge >= 0.3 is 0 Å². The maximum absolute atomic E-state index is 9.28. The number of nitrogens with zero attached hydrogens (tertiary/aromatic N) is 2. The standard InChI is InChI=1S/C16H23N3/c1-11(2)8-12(3)18-16-14(10-17)9-13-6-4-5-7-15(13)19-16/h9,11-12H,4-8H2,1-3H3,(H,18,19). The summed E-state index contributed by atoms with van der Waals surface area (Å²) >= 11 is 0. The first-order chi connectivity index (χ1) is 9.10. The van der Waals surface area contributed by atoms with E-state index in [0.717, 1.165) is 25.1 Å². The van der Waals surface area contributed by atoms with Crippen molar-refractivity contribution in [3.8, 4) is 6.07 Å². The van der Waals surface area contributed by atoms with Crippen LogP contribution in [0.25, 0.3) is 0 Å². The molecule has 0 aliphatic heterocycles. The van der Waals surface area contributed by atoms with E-state index in [0.29, 0.717) is 17.5 Å². The van der Waals surface area contributed by atoms with Crippen LogP contribution in [-0.2, 0) is 12.8 Å². The molecule has 1 unspecified atom stereocenters. The SMILES string of the molecule is CC(C)CC(C)Nc1nc2c(cc1C#N)CCCC2. The first-order valence-electron chi connectivity index (χ1n) is 7.29. The number of anilines is 1. The summed E-state index contributed by atoms with van der Waals surface area (Å²) in [4.78, 5) is 4.70. The zero-order chi connectivity index (χ0) is 13.8. The lowest BCUT2D eigenvalue weighted by Gasteiger charge is -2.21. The number of nitrogens with one attached hydrogen (secondary N) is 1. The Labute approximate surface area is 116 Å². The Balaban J connectivity index is 2.22. The number of nitriles is 1. The van der Waals surface area contributed by atoms with E-state index in [4.69, 9.17) is 4.98 Å². The number of rotatable bonds is 4. The highest BCUT2D eigenvalue weighted by Gasteiger charge is 2.16. The molecule has 1 atom stereocenters. The molecule has 19 heavy (non-hydrogen) atoms. The minimum absolute atomic E-state index is 0.348. The predicted molar refractivity (Wildman–Crippen MR) is 78.1 cm³/mol. The minimum atomic E-state index is 0.348. The second-order valence-electron chi connectivity index (χ2n) is 5.98. The molecule has 1 aromatic heterocycles. The normalized spacial score (nSPS) is 15.7. The van der Waals surface area contributed by atoms with E-state index in [1.165, 1.54) is 24.1 Å². The topological polar surface area (TPSA) is 48.7 Å². The average Bonchev–Trinajstić information content (AvgIpc) is 2.36. The Morgan fingerprint density at radius 3 is 2.74 bits per heavy atom. The van der Waals surface area contributed by atoms with E-state index in [1.807, 2.05) is 6.07 Å². The number of aryl methyl sites for hydroxylation is 2. The van der Waals surface area contributed by atoms with Crippen LogP contribution in [0.2, 0.25) is 0 Å². The maximum Gasteiger partial charge on any atom is 0.144 e. The Hall–Kier alpha value is -1.56. The Morgan fingerprint density at radius 2 is 2.05 bits per heavy atom. The molecule has 0 saturated carbocycles. The van der Waals surface area contributed by atoms with Gasteiger partial charge < -0.3 is 5.32 Å². The molecular weight excluding hydrogens is 234 g/mol. The molecule has 1 heterocycles. The van der Waals surface area contributed by atoms with E-state index in [9.17, 15) is 5.26 Å². The third-order valence-corrected chi connectivity index (χ3v) is 3.63. The van der Waals surface area contributed by atoms with Crippen molar-refractivity contribution in [2.75, 3.05) is 5.32 Å². The molecular formula is C16H23N3. The van der Waals surface area contributed by atoms with Gasteiger partial charge in [-0.1, -0.05) is 13.8 Å². The van der Waals surface area contributed by atoms with Crippen LogP contribution in [0.5, 0.6) is 0 Å². The predicted octanol–water partition coefficient (Wildman–Crippen LogP) is 3.68. The molecule has 1 aliphatic carbocycles. The first kappa shape index (κ1) is 13.9. The van der Waals surface area contributed by atoms with Crippen LogP contribution in [0.3, 0.4) is 0 Å². The second kappa shape index (κ2) is 6.06.